The summed E-state index contributed by atoms with van der Waals surface area (Å²) in [7, 11) is 0. The lowest BCUT2D eigenvalue weighted by molar-refractivity contribution is -0.118. The molecule has 3 amide bonds. The minimum atomic E-state index is -0.460. The third-order valence-electron chi connectivity index (χ3n) is 3.56. The Bertz CT molecular complexity index is 760. The van der Waals surface area contributed by atoms with Gasteiger partial charge in [0.1, 0.15) is 0 Å². The number of carbonyl (C=O) groups excluding carboxylic acids is 3. The summed E-state index contributed by atoms with van der Waals surface area (Å²) in [5.74, 6) is -0.894. The zero-order valence-corrected chi connectivity index (χ0v) is 14.1. The Morgan fingerprint density at radius 2 is 1.76 bits per heavy atom. The fourth-order valence-electron chi connectivity index (χ4n) is 2.42. The Morgan fingerprint density at radius 1 is 1.04 bits per heavy atom. The number of nitrogens with two attached hydrogens (primary N) is 1. The van der Waals surface area contributed by atoms with Gasteiger partial charge in [0.2, 0.25) is 11.8 Å². The number of hydrogen-bond acceptors (Lipinski definition) is 3. The summed E-state index contributed by atoms with van der Waals surface area (Å²) < 4.78 is 0. The molecule has 2 aromatic rings. The molecule has 6 nitrogen and oxygen atoms in total. The molecule has 2 rings (SSSR count). The first-order valence-corrected chi connectivity index (χ1v) is 7.95. The second-order valence-corrected chi connectivity index (χ2v) is 5.69. The number of rotatable bonds is 7. The fraction of sp³-hybridized carbons (Fsp3) is 0.211. The molecule has 2 aromatic carbocycles. The molecule has 0 radical (unpaired) electrons. The summed E-state index contributed by atoms with van der Waals surface area (Å²) >= 11 is 0. The van der Waals surface area contributed by atoms with Crippen molar-refractivity contribution < 1.29 is 14.4 Å². The molecule has 0 saturated heterocycles. The van der Waals surface area contributed by atoms with Gasteiger partial charge in [0.25, 0.3) is 5.91 Å². The van der Waals surface area contributed by atoms with Crippen LogP contribution < -0.4 is 11.1 Å². The van der Waals surface area contributed by atoms with Crippen molar-refractivity contribution in [2.45, 2.75) is 19.9 Å². The lowest BCUT2D eigenvalue weighted by atomic mass is 10.1. The molecule has 0 aromatic heterocycles. The first-order valence-electron chi connectivity index (χ1n) is 7.95. The lowest BCUT2D eigenvalue weighted by Crippen LogP contribution is -2.33. The number of primary amides is 1. The largest absolute Gasteiger partial charge is 0.370 e. The molecule has 0 aliphatic carbocycles. The number of carbonyl (C=O) groups is 3. The molecule has 0 saturated carbocycles. The molecule has 0 bridgehead atoms. The van der Waals surface area contributed by atoms with Crippen LogP contribution in [0.15, 0.2) is 54.6 Å². The summed E-state index contributed by atoms with van der Waals surface area (Å²) in [5.41, 5.74) is 7.17. The van der Waals surface area contributed by atoms with Crippen molar-refractivity contribution in [1.29, 1.82) is 0 Å². The second-order valence-electron chi connectivity index (χ2n) is 5.69. The minimum Gasteiger partial charge on any atom is -0.370 e. The molecule has 0 fully saturated rings. The summed E-state index contributed by atoms with van der Waals surface area (Å²) in [6.07, 6.45) is 0.0873. The van der Waals surface area contributed by atoms with Gasteiger partial charge in [0.15, 0.2) is 0 Å². The minimum absolute atomic E-state index is 0.0873. The molecular formula is C19H21N3O3. The normalized spacial score (nSPS) is 10.1. The van der Waals surface area contributed by atoms with E-state index >= 15 is 0 Å². The van der Waals surface area contributed by atoms with Gasteiger partial charge < -0.3 is 16.0 Å². The van der Waals surface area contributed by atoms with Crippen molar-refractivity contribution in [2.24, 2.45) is 5.73 Å². The summed E-state index contributed by atoms with van der Waals surface area (Å²) in [6, 6.07) is 16.2. The van der Waals surface area contributed by atoms with Crippen LogP contribution in [0.5, 0.6) is 0 Å². The van der Waals surface area contributed by atoms with E-state index in [1.54, 1.807) is 29.2 Å². The topological polar surface area (TPSA) is 92.5 Å². The molecule has 0 atom stereocenters. The zero-order valence-electron chi connectivity index (χ0n) is 14.1. The van der Waals surface area contributed by atoms with Crippen LogP contribution in [0.25, 0.3) is 0 Å². The lowest BCUT2D eigenvalue weighted by Gasteiger charge is -2.23. The van der Waals surface area contributed by atoms with E-state index in [4.69, 9.17) is 5.73 Å². The highest BCUT2D eigenvalue weighted by atomic mass is 16.2. The van der Waals surface area contributed by atoms with Crippen molar-refractivity contribution in [3.8, 4) is 0 Å². The molecule has 0 aliphatic heterocycles. The molecule has 0 unspecified atom stereocenters. The Labute approximate surface area is 146 Å². The second kappa shape index (κ2) is 8.63. The van der Waals surface area contributed by atoms with Gasteiger partial charge in [-0.05, 0) is 23.8 Å². The summed E-state index contributed by atoms with van der Waals surface area (Å²) in [5, 5.41) is 2.66. The van der Waals surface area contributed by atoms with Gasteiger partial charge in [-0.25, -0.2) is 0 Å². The first kappa shape index (κ1) is 18.2. The maximum atomic E-state index is 12.9. The Hall–Kier alpha value is -3.15. The Morgan fingerprint density at radius 3 is 2.40 bits per heavy atom. The predicted octanol–water partition coefficient (Wildman–Crippen LogP) is 2.16. The SMILES string of the molecule is CC(=O)Nc1cccc(C(=O)N(CCC(N)=O)Cc2ccccc2)c1. The zero-order chi connectivity index (χ0) is 18.2. The number of nitrogens with one attached hydrogen (secondary N) is 1. The highest BCUT2D eigenvalue weighted by Crippen LogP contribution is 2.15. The van der Waals surface area contributed by atoms with Gasteiger partial charge in [0, 0.05) is 37.7 Å². The van der Waals surface area contributed by atoms with Gasteiger partial charge in [-0.3, -0.25) is 14.4 Å². The van der Waals surface area contributed by atoms with Crippen LogP contribution >= 0.6 is 0 Å². The number of benzene rings is 2. The van der Waals surface area contributed by atoms with E-state index in [-0.39, 0.29) is 24.8 Å². The van der Waals surface area contributed by atoms with Gasteiger partial charge >= 0.3 is 0 Å². The number of nitrogens with zero attached hydrogens (tertiary/aromatic N) is 1. The van der Waals surface area contributed by atoms with Crippen molar-refractivity contribution in [1.82, 2.24) is 4.90 Å². The van der Waals surface area contributed by atoms with Crippen molar-refractivity contribution in [2.75, 3.05) is 11.9 Å². The Balaban J connectivity index is 2.21. The van der Waals surface area contributed by atoms with E-state index in [0.717, 1.165) is 5.56 Å². The van der Waals surface area contributed by atoms with Crippen LogP contribution in [0.1, 0.15) is 29.3 Å². The van der Waals surface area contributed by atoms with Crippen LogP contribution in [0, 0.1) is 0 Å². The quantitative estimate of drug-likeness (QED) is 0.809. The van der Waals surface area contributed by atoms with Crippen LogP contribution in [-0.4, -0.2) is 29.2 Å². The van der Waals surface area contributed by atoms with E-state index in [1.165, 1.54) is 6.92 Å². The van der Waals surface area contributed by atoms with Crippen molar-refractivity contribution >= 4 is 23.4 Å². The van der Waals surface area contributed by atoms with E-state index in [0.29, 0.717) is 17.8 Å². The van der Waals surface area contributed by atoms with Gasteiger partial charge in [-0.2, -0.15) is 0 Å². The number of amides is 3. The Kier molecular flexibility index (Phi) is 6.28. The van der Waals surface area contributed by atoms with Crippen LogP contribution in [0.3, 0.4) is 0 Å². The molecule has 6 heteroatoms. The van der Waals surface area contributed by atoms with E-state index < -0.39 is 5.91 Å². The van der Waals surface area contributed by atoms with Gasteiger partial charge in [-0.15, -0.1) is 0 Å². The van der Waals surface area contributed by atoms with E-state index in [1.807, 2.05) is 30.3 Å². The third-order valence-corrected chi connectivity index (χ3v) is 3.56. The number of anilines is 1. The maximum Gasteiger partial charge on any atom is 0.254 e. The van der Waals surface area contributed by atoms with E-state index in [9.17, 15) is 14.4 Å². The molecule has 130 valence electrons. The highest BCUT2D eigenvalue weighted by molar-refractivity contribution is 5.97. The molecule has 0 spiro atoms. The predicted molar refractivity (Wildman–Crippen MR) is 95.7 cm³/mol. The molecule has 3 N–H and O–H groups in total. The highest BCUT2D eigenvalue weighted by Gasteiger charge is 2.17. The smallest absolute Gasteiger partial charge is 0.254 e. The first-order chi connectivity index (χ1) is 12.0. The fourth-order valence-corrected chi connectivity index (χ4v) is 2.42. The third kappa shape index (κ3) is 5.76. The molecule has 25 heavy (non-hydrogen) atoms. The average Bonchev–Trinajstić information content (AvgIpc) is 2.58. The summed E-state index contributed by atoms with van der Waals surface area (Å²) in [6.45, 7) is 2.01. The molecular weight excluding hydrogens is 318 g/mol. The standard InChI is InChI=1S/C19H21N3O3/c1-14(23)21-17-9-5-8-16(12-17)19(25)22(11-10-18(20)24)13-15-6-3-2-4-7-15/h2-9,12H,10-11,13H2,1H3,(H2,20,24)(H,21,23). The van der Waals surface area contributed by atoms with Crippen LogP contribution in [0.4, 0.5) is 5.69 Å². The monoisotopic (exact) mass is 339 g/mol. The maximum absolute atomic E-state index is 12.9. The summed E-state index contributed by atoms with van der Waals surface area (Å²) in [4.78, 5) is 36.8. The van der Waals surface area contributed by atoms with Crippen LogP contribution in [0.2, 0.25) is 0 Å². The van der Waals surface area contributed by atoms with Crippen LogP contribution in [-0.2, 0) is 16.1 Å². The molecule has 0 aliphatic rings. The van der Waals surface area contributed by atoms with Crippen molar-refractivity contribution in [3.05, 3.63) is 65.7 Å². The van der Waals surface area contributed by atoms with Gasteiger partial charge in [0.05, 0.1) is 0 Å². The van der Waals surface area contributed by atoms with Crippen molar-refractivity contribution in [3.63, 3.8) is 0 Å². The van der Waals surface area contributed by atoms with Gasteiger partial charge in [-0.1, -0.05) is 36.4 Å². The average molecular weight is 339 g/mol. The number of hydrogen-bond donors (Lipinski definition) is 2. The molecule has 0 heterocycles. The van der Waals surface area contributed by atoms with E-state index in [2.05, 4.69) is 5.32 Å².